The minimum absolute atomic E-state index is 0.153. The average Bonchev–Trinajstić information content (AvgIpc) is 2.26. The molecule has 0 spiro atoms. The zero-order valence-corrected chi connectivity index (χ0v) is 9.02. The molecule has 0 aromatic heterocycles. The molecule has 0 fully saturated rings. The molecule has 0 aliphatic carbocycles. The Morgan fingerprint density at radius 3 is 2.67 bits per heavy atom. The van der Waals surface area contributed by atoms with E-state index in [1.165, 1.54) is 7.11 Å². The topological polar surface area (TPSA) is 44.8 Å². The molecular weight excluding hydrogens is 196 g/mol. The van der Waals surface area contributed by atoms with Crippen LogP contribution in [0.1, 0.15) is 24.2 Å². The van der Waals surface area contributed by atoms with Gasteiger partial charge in [0.25, 0.3) is 0 Å². The van der Waals surface area contributed by atoms with Crippen molar-refractivity contribution in [2.24, 2.45) is 0 Å². The molecule has 1 aromatic carbocycles. The van der Waals surface area contributed by atoms with Crippen LogP contribution in [-0.4, -0.2) is 19.2 Å². The van der Waals surface area contributed by atoms with Gasteiger partial charge in [-0.1, -0.05) is 6.07 Å². The molecule has 0 radical (unpaired) electrons. The summed E-state index contributed by atoms with van der Waals surface area (Å²) in [5.74, 6) is 0.0802. The van der Waals surface area contributed by atoms with Crippen LogP contribution in [0.25, 0.3) is 0 Å². The maximum absolute atomic E-state index is 11.4. The monoisotopic (exact) mass is 210 g/mol. The first kappa shape index (κ1) is 11.5. The minimum atomic E-state index is -0.525. The van der Waals surface area contributed by atoms with Crippen molar-refractivity contribution in [2.45, 2.75) is 20.0 Å². The molecule has 1 rings (SSSR count). The molecule has 0 heterocycles. The first-order valence-corrected chi connectivity index (χ1v) is 4.65. The smallest absolute Gasteiger partial charge is 0.373 e. The fourth-order valence-electron chi connectivity index (χ4n) is 0.938. The second-order valence-corrected chi connectivity index (χ2v) is 3.25. The lowest BCUT2D eigenvalue weighted by Crippen LogP contribution is -2.10. The van der Waals surface area contributed by atoms with Crippen LogP contribution >= 0.6 is 0 Å². The molecule has 0 saturated heterocycles. The van der Waals surface area contributed by atoms with E-state index in [1.54, 1.807) is 38.1 Å². The third-order valence-corrected chi connectivity index (χ3v) is 1.62. The van der Waals surface area contributed by atoms with Crippen LogP contribution in [0.15, 0.2) is 24.3 Å². The quantitative estimate of drug-likeness (QED) is 0.564. The van der Waals surface area contributed by atoms with Crippen molar-refractivity contribution in [3.8, 4) is 5.75 Å². The lowest BCUT2D eigenvalue weighted by molar-refractivity contribution is -0.265. The summed E-state index contributed by atoms with van der Waals surface area (Å²) < 4.78 is 4.98. The molecular formula is C11H14O4. The first-order chi connectivity index (χ1) is 7.13. The maximum Gasteiger partial charge on any atom is 0.373 e. The van der Waals surface area contributed by atoms with E-state index in [9.17, 15) is 4.79 Å². The van der Waals surface area contributed by atoms with Gasteiger partial charge in [-0.2, -0.15) is 4.89 Å². The Hall–Kier alpha value is -1.55. The fraction of sp³-hybridized carbons (Fsp3) is 0.364. The largest absolute Gasteiger partial charge is 0.497 e. The lowest BCUT2D eigenvalue weighted by Gasteiger charge is -2.06. The van der Waals surface area contributed by atoms with Gasteiger partial charge in [-0.3, -0.25) is 4.89 Å². The summed E-state index contributed by atoms with van der Waals surface area (Å²) >= 11 is 0. The number of hydrogen-bond donors (Lipinski definition) is 0. The second-order valence-electron chi connectivity index (χ2n) is 3.25. The van der Waals surface area contributed by atoms with Crippen molar-refractivity contribution in [3.63, 3.8) is 0 Å². The second kappa shape index (κ2) is 5.36. The van der Waals surface area contributed by atoms with Gasteiger partial charge in [0.2, 0.25) is 0 Å². The van der Waals surface area contributed by atoms with E-state index in [0.29, 0.717) is 11.3 Å². The molecule has 0 bridgehead atoms. The highest BCUT2D eigenvalue weighted by Crippen LogP contribution is 2.13. The van der Waals surface area contributed by atoms with Crippen molar-refractivity contribution < 1.29 is 19.3 Å². The Bertz CT molecular complexity index is 333. The Balaban J connectivity index is 2.65. The summed E-state index contributed by atoms with van der Waals surface area (Å²) in [4.78, 5) is 20.8. The Kier molecular flexibility index (Phi) is 4.12. The number of carbonyl (C=O) groups is 1. The average molecular weight is 210 g/mol. The van der Waals surface area contributed by atoms with Crippen molar-refractivity contribution >= 4 is 5.97 Å². The van der Waals surface area contributed by atoms with Gasteiger partial charge in [-0.15, -0.1) is 0 Å². The van der Waals surface area contributed by atoms with Crippen LogP contribution < -0.4 is 4.74 Å². The molecule has 1 aromatic rings. The minimum Gasteiger partial charge on any atom is -0.497 e. The van der Waals surface area contributed by atoms with Gasteiger partial charge in [-0.05, 0) is 32.0 Å². The molecule has 0 saturated carbocycles. The Morgan fingerprint density at radius 2 is 2.07 bits per heavy atom. The Labute approximate surface area is 88.7 Å². The highest BCUT2D eigenvalue weighted by molar-refractivity contribution is 5.89. The van der Waals surface area contributed by atoms with E-state index in [1.807, 2.05) is 0 Å². The number of rotatable bonds is 4. The third kappa shape index (κ3) is 3.59. The summed E-state index contributed by atoms with van der Waals surface area (Å²) in [5.41, 5.74) is 0.398. The number of methoxy groups -OCH3 is 1. The number of benzene rings is 1. The summed E-state index contributed by atoms with van der Waals surface area (Å²) in [6.45, 7) is 3.55. The SMILES string of the molecule is COc1cccc(C(=O)OOC(C)C)c1. The van der Waals surface area contributed by atoms with Crippen LogP contribution in [-0.2, 0) is 9.78 Å². The van der Waals surface area contributed by atoms with E-state index >= 15 is 0 Å². The fourth-order valence-corrected chi connectivity index (χ4v) is 0.938. The summed E-state index contributed by atoms with van der Waals surface area (Å²) in [5, 5.41) is 0. The molecule has 0 unspecified atom stereocenters. The van der Waals surface area contributed by atoms with Crippen molar-refractivity contribution in [1.82, 2.24) is 0 Å². The van der Waals surface area contributed by atoms with Crippen LogP contribution in [0.5, 0.6) is 5.75 Å². The van der Waals surface area contributed by atoms with E-state index < -0.39 is 5.97 Å². The van der Waals surface area contributed by atoms with Gasteiger partial charge in [0.15, 0.2) is 0 Å². The van der Waals surface area contributed by atoms with Gasteiger partial charge in [0.1, 0.15) is 5.75 Å². The van der Waals surface area contributed by atoms with Gasteiger partial charge in [0, 0.05) is 0 Å². The lowest BCUT2D eigenvalue weighted by atomic mass is 10.2. The van der Waals surface area contributed by atoms with Gasteiger partial charge in [0.05, 0.1) is 18.8 Å². The molecule has 0 aliphatic rings. The maximum atomic E-state index is 11.4. The van der Waals surface area contributed by atoms with E-state index in [0.717, 1.165) is 0 Å². The van der Waals surface area contributed by atoms with Crippen molar-refractivity contribution in [3.05, 3.63) is 29.8 Å². The van der Waals surface area contributed by atoms with Gasteiger partial charge in [-0.25, -0.2) is 4.79 Å². The van der Waals surface area contributed by atoms with Crippen LogP contribution in [0, 0.1) is 0 Å². The zero-order valence-electron chi connectivity index (χ0n) is 9.02. The highest BCUT2D eigenvalue weighted by Gasteiger charge is 2.09. The van der Waals surface area contributed by atoms with Crippen LogP contribution in [0.2, 0.25) is 0 Å². The molecule has 15 heavy (non-hydrogen) atoms. The van der Waals surface area contributed by atoms with Gasteiger partial charge >= 0.3 is 5.97 Å². The number of ether oxygens (including phenoxy) is 1. The molecule has 4 nitrogen and oxygen atoms in total. The van der Waals surface area contributed by atoms with Crippen molar-refractivity contribution in [1.29, 1.82) is 0 Å². The van der Waals surface area contributed by atoms with E-state index in [2.05, 4.69) is 4.89 Å². The molecule has 0 N–H and O–H groups in total. The normalized spacial score (nSPS) is 10.1. The predicted molar refractivity (Wildman–Crippen MR) is 54.6 cm³/mol. The number of hydrogen-bond acceptors (Lipinski definition) is 4. The van der Waals surface area contributed by atoms with E-state index in [4.69, 9.17) is 9.62 Å². The Morgan fingerprint density at radius 1 is 1.33 bits per heavy atom. The predicted octanol–water partition coefficient (Wildman–Crippen LogP) is 2.19. The highest BCUT2D eigenvalue weighted by atomic mass is 17.2. The summed E-state index contributed by atoms with van der Waals surface area (Å²) in [6, 6.07) is 6.69. The molecule has 0 aliphatic heterocycles. The van der Waals surface area contributed by atoms with Crippen molar-refractivity contribution in [2.75, 3.05) is 7.11 Å². The molecule has 0 atom stereocenters. The third-order valence-electron chi connectivity index (χ3n) is 1.62. The van der Waals surface area contributed by atoms with E-state index in [-0.39, 0.29) is 6.10 Å². The standard InChI is InChI=1S/C11H14O4/c1-8(2)14-15-11(12)9-5-4-6-10(7-9)13-3/h4-8H,1-3H3. The summed E-state index contributed by atoms with van der Waals surface area (Å²) in [7, 11) is 1.54. The first-order valence-electron chi connectivity index (χ1n) is 4.65. The van der Waals surface area contributed by atoms with Gasteiger partial charge < -0.3 is 4.74 Å². The zero-order chi connectivity index (χ0) is 11.3. The molecule has 4 heteroatoms. The van der Waals surface area contributed by atoms with Crippen LogP contribution in [0.4, 0.5) is 0 Å². The summed E-state index contributed by atoms with van der Waals surface area (Å²) in [6.07, 6.45) is -0.153. The molecule has 82 valence electrons. The number of carbonyl (C=O) groups excluding carboxylic acids is 1. The van der Waals surface area contributed by atoms with Crippen LogP contribution in [0.3, 0.4) is 0 Å². The molecule has 0 amide bonds.